The molecule has 7 nitrogen and oxygen atoms in total. The quantitative estimate of drug-likeness (QED) is 0.641. The van der Waals surface area contributed by atoms with Crippen LogP contribution in [0.15, 0.2) is 46.4 Å². The highest BCUT2D eigenvalue weighted by Gasteiger charge is 2.37. The number of nitrogens with one attached hydrogen (secondary N) is 1. The van der Waals surface area contributed by atoms with E-state index in [1.807, 2.05) is 32.0 Å². The maximum Gasteiger partial charge on any atom is 0.280 e. The molecule has 3 aromatic rings. The van der Waals surface area contributed by atoms with Crippen LogP contribution in [0.4, 0.5) is 5.69 Å². The molecule has 4 rings (SSSR count). The topological polar surface area (TPSA) is 88.3 Å². The van der Waals surface area contributed by atoms with Crippen LogP contribution in [0, 0.1) is 13.8 Å². The fourth-order valence-corrected chi connectivity index (χ4v) is 4.24. The molecule has 8 heteroatoms. The second-order valence-electron chi connectivity index (χ2n) is 7.64. The number of carbonyl (C=O) groups excluding carboxylic acids is 2. The number of hydrogen-bond donors (Lipinski definition) is 1. The molecule has 1 fully saturated rings. The lowest BCUT2D eigenvalue weighted by atomic mass is 10.1. The Balaban J connectivity index is 1.78. The number of amides is 2. The second-order valence-corrected chi connectivity index (χ2v) is 8.25. The number of carbonyl (C=O) groups is 2. The van der Waals surface area contributed by atoms with Gasteiger partial charge in [-0.2, -0.15) is 0 Å². The highest BCUT2D eigenvalue weighted by atomic mass is 32.1. The standard InChI is InChI=1S/C22H24N4O3S/c1-14-9-10-17(12-15(14)2)26(22(28)18-13-30-25-24-18)20(19-8-5-11-29-19)21(27)23-16-6-3-4-7-16/h5,8-13,16,20H,3-4,6-7H2,1-2H3,(H,23,27)/t20-/m0/s1. The highest BCUT2D eigenvalue weighted by Crippen LogP contribution is 2.32. The lowest BCUT2D eigenvalue weighted by molar-refractivity contribution is -0.123. The maximum absolute atomic E-state index is 13.5. The first-order chi connectivity index (χ1) is 14.5. The van der Waals surface area contributed by atoms with Gasteiger partial charge in [0.2, 0.25) is 0 Å². The van der Waals surface area contributed by atoms with Gasteiger partial charge >= 0.3 is 0 Å². The summed E-state index contributed by atoms with van der Waals surface area (Å²) in [6.07, 6.45) is 5.61. The van der Waals surface area contributed by atoms with Crippen LogP contribution in [-0.4, -0.2) is 27.4 Å². The Bertz CT molecular complexity index is 1010. The van der Waals surface area contributed by atoms with Gasteiger partial charge in [-0.15, -0.1) is 5.10 Å². The smallest absolute Gasteiger partial charge is 0.280 e. The Hall–Kier alpha value is -3.00. The van der Waals surface area contributed by atoms with Crippen LogP contribution in [0.25, 0.3) is 0 Å². The minimum Gasteiger partial charge on any atom is -0.467 e. The van der Waals surface area contributed by atoms with Crippen LogP contribution in [0.1, 0.15) is 59.1 Å². The van der Waals surface area contributed by atoms with Crippen LogP contribution in [0.2, 0.25) is 0 Å². The van der Waals surface area contributed by atoms with Crippen molar-refractivity contribution >= 4 is 29.0 Å². The van der Waals surface area contributed by atoms with E-state index in [0.717, 1.165) is 48.3 Å². The van der Waals surface area contributed by atoms with E-state index in [9.17, 15) is 9.59 Å². The van der Waals surface area contributed by atoms with Crippen molar-refractivity contribution in [1.29, 1.82) is 0 Å². The van der Waals surface area contributed by atoms with E-state index in [0.29, 0.717) is 11.4 Å². The van der Waals surface area contributed by atoms with Gasteiger partial charge in [0, 0.05) is 17.1 Å². The molecule has 0 radical (unpaired) electrons. The average molecular weight is 425 g/mol. The third kappa shape index (κ3) is 4.14. The summed E-state index contributed by atoms with van der Waals surface area (Å²) in [5.74, 6) is -0.248. The van der Waals surface area contributed by atoms with Crippen molar-refractivity contribution in [2.75, 3.05) is 4.90 Å². The van der Waals surface area contributed by atoms with Gasteiger partial charge in [0.25, 0.3) is 11.8 Å². The van der Waals surface area contributed by atoms with Crippen LogP contribution < -0.4 is 10.2 Å². The van der Waals surface area contributed by atoms with Crippen LogP contribution in [-0.2, 0) is 4.79 Å². The molecule has 1 saturated carbocycles. The zero-order valence-corrected chi connectivity index (χ0v) is 17.8. The van der Waals surface area contributed by atoms with Crippen molar-refractivity contribution in [2.24, 2.45) is 0 Å². The predicted molar refractivity (Wildman–Crippen MR) is 114 cm³/mol. The minimum absolute atomic E-state index is 0.118. The molecular weight excluding hydrogens is 400 g/mol. The van der Waals surface area contributed by atoms with Gasteiger partial charge in [-0.05, 0) is 73.6 Å². The molecule has 1 atom stereocenters. The van der Waals surface area contributed by atoms with E-state index >= 15 is 0 Å². The Morgan fingerprint density at radius 2 is 2.00 bits per heavy atom. The third-order valence-electron chi connectivity index (χ3n) is 5.59. The Kier molecular flexibility index (Phi) is 5.94. The van der Waals surface area contributed by atoms with Crippen molar-refractivity contribution in [3.05, 3.63) is 64.6 Å². The molecule has 30 heavy (non-hydrogen) atoms. The third-order valence-corrected chi connectivity index (χ3v) is 6.09. The van der Waals surface area contributed by atoms with Gasteiger partial charge in [0.1, 0.15) is 5.76 Å². The molecule has 2 heterocycles. The average Bonchev–Trinajstić information content (AvgIpc) is 3.50. The first-order valence-electron chi connectivity index (χ1n) is 10.1. The molecule has 1 aromatic carbocycles. The van der Waals surface area contributed by atoms with Gasteiger partial charge in [-0.3, -0.25) is 14.5 Å². The summed E-state index contributed by atoms with van der Waals surface area (Å²) < 4.78 is 9.44. The second kappa shape index (κ2) is 8.79. The largest absolute Gasteiger partial charge is 0.467 e. The zero-order valence-electron chi connectivity index (χ0n) is 17.0. The summed E-state index contributed by atoms with van der Waals surface area (Å²) in [5.41, 5.74) is 2.94. The van der Waals surface area contributed by atoms with Crippen molar-refractivity contribution < 1.29 is 14.0 Å². The number of aryl methyl sites for hydroxylation is 2. The van der Waals surface area contributed by atoms with E-state index in [-0.39, 0.29) is 17.6 Å². The number of anilines is 1. The van der Waals surface area contributed by atoms with E-state index in [4.69, 9.17) is 4.42 Å². The van der Waals surface area contributed by atoms with Gasteiger partial charge in [-0.1, -0.05) is 23.4 Å². The number of furan rings is 1. The molecule has 2 aromatic heterocycles. The number of aromatic nitrogens is 2. The zero-order chi connectivity index (χ0) is 21.1. The predicted octanol–water partition coefficient (Wildman–Crippen LogP) is 4.19. The Labute approximate surface area is 179 Å². The molecule has 156 valence electrons. The first kappa shape index (κ1) is 20.3. The van der Waals surface area contributed by atoms with Crippen molar-refractivity contribution in [1.82, 2.24) is 14.9 Å². The molecule has 1 aliphatic carbocycles. The van der Waals surface area contributed by atoms with E-state index < -0.39 is 11.9 Å². The molecule has 0 saturated heterocycles. The molecule has 0 unspecified atom stereocenters. The monoisotopic (exact) mass is 424 g/mol. The molecule has 0 bridgehead atoms. The van der Waals surface area contributed by atoms with Gasteiger partial charge in [0.15, 0.2) is 11.7 Å². The molecule has 1 aliphatic rings. The summed E-state index contributed by atoms with van der Waals surface area (Å²) >= 11 is 1.10. The Morgan fingerprint density at radius 3 is 2.63 bits per heavy atom. The fraction of sp³-hybridized carbons (Fsp3) is 0.364. The van der Waals surface area contributed by atoms with Crippen molar-refractivity contribution in [3.8, 4) is 0 Å². The van der Waals surface area contributed by atoms with Gasteiger partial charge in [-0.25, -0.2) is 0 Å². The van der Waals surface area contributed by atoms with E-state index in [1.165, 1.54) is 11.2 Å². The van der Waals surface area contributed by atoms with Crippen molar-refractivity contribution in [2.45, 2.75) is 51.6 Å². The summed E-state index contributed by atoms with van der Waals surface area (Å²) in [7, 11) is 0. The molecular formula is C22H24N4O3S. The van der Waals surface area contributed by atoms with Crippen LogP contribution in [0.5, 0.6) is 0 Å². The summed E-state index contributed by atoms with van der Waals surface area (Å²) in [4.78, 5) is 28.4. The number of rotatable bonds is 6. The lowest BCUT2D eigenvalue weighted by Gasteiger charge is -2.30. The van der Waals surface area contributed by atoms with Crippen molar-refractivity contribution in [3.63, 3.8) is 0 Å². The maximum atomic E-state index is 13.5. The summed E-state index contributed by atoms with van der Waals surface area (Å²) in [6, 6.07) is 8.31. The van der Waals surface area contributed by atoms with Gasteiger partial charge < -0.3 is 9.73 Å². The fourth-order valence-electron chi connectivity index (χ4n) is 3.81. The normalized spacial score (nSPS) is 15.1. The summed E-state index contributed by atoms with van der Waals surface area (Å²) in [5, 5.41) is 8.65. The minimum atomic E-state index is -0.947. The molecule has 0 aliphatic heterocycles. The number of hydrogen-bond acceptors (Lipinski definition) is 6. The molecule has 0 spiro atoms. The number of benzene rings is 1. The Morgan fingerprint density at radius 1 is 1.20 bits per heavy atom. The van der Waals surface area contributed by atoms with Gasteiger partial charge in [0.05, 0.1) is 6.26 Å². The van der Waals surface area contributed by atoms with Crippen LogP contribution >= 0.6 is 11.5 Å². The summed E-state index contributed by atoms with van der Waals surface area (Å²) in [6.45, 7) is 3.98. The molecule has 2 amide bonds. The lowest BCUT2D eigenvalue weighted by Crippen LogP contribution is -2.46. The first-order valence-corrected chi connectivity index (χ1v) is 10.9. The number of nitrogens with zero attached hydrogens (tertiary/aromatic N) is 3. The SMILES string of the molecule is Cc1ccc(N(C(=O)c2csnn2)[C@H](C(=O)NC2CCCC2)c2ccco2)cc1C. The van der Waals surface area contributed by atoms with Crippen LogP contribution in [0.3, 0.4) is 0 Å². The van der Waals surface area contributed by atoms with E-state index in [1.54, 1.807) is 17.5 Å². The van der Waals surface area contributed by atoms with E-state index in [2.05, 4.69) is 14.9 Å². The molecule has 1 N–H and O–H groups in total. The highest BCUT2D eigenvalue weighted by molar-refractivity contribution is 7.03.